The number of hydrogen-bond acceptors (Lipinski definition) is 6. The summed E-state index contributed by atoms with van der Waals surface area (Å²) in [7, 11) is 1.55. The van der Waals surface area contributed by atoms with E-state index in [-0.39, 0.29) is 29.8 Å². The molecule has 1 aliphatic rings. The molecule has 0 saturated heterocycles. The number of aliphatic hydroxyl groups is 1. The van der Waals surface area contributed by atoms with E-state index in [2.05, 4.69) is 10.3 Å². The van der Waals surface area contributed by atoms with E-state index >= 15 is 0 Å². The number of ketones is 1. The first-order valence-electron chi connectivity index (χ1n) is 8.07. The molecule has 0 radical (unpaired) electrons. The number of nitrogens with one attached hydrogen (secondary N) is 1. The van der Waals surface area contributed by atoms with E-state index in [1.54, 1.807) is 31.5 Å². The molecule has 132 valence electrons. The Morgan fingerprint density at radius 1 is 1.28 bits per heavy atom. The predicted octanol–water partition coefficient (Wildman–Crippen LogP) is 2.60. The Bertz CT molecular complexity index is 766. The Balaban J connectivity index is 1.79. The fourth-order valence-corrected chi connectivity index (χ4v) is 3.74. The van der Waals surface area contributed by atoms with E-state index in [4.69, 9.17) is 4.74 Å². The molecule has 0 aromatic carbocycles. The average molecular weight is 360 g/mol. The average Bonchev–Trinajstić information content (AvgIpc) is 3.08. The minimum atomic E-state index is -0.318. The molecule has 6 nitrogen and oxygen atoms in total. The summed E-state index contributed by atoms with van der Waals surface area (Å²) >= 11 is 1.18. The van der Waals surface area contributed by atoms with Crippen molar-refractivity contribution in [3.05, 3.63) is 45.8 Å². The number of thiophene rings is 1. The highest BCUT2D eigenvalue weighted by molar-refractivity contribution is 7.15. The van der Waals surface area contributed by atoms with E-state index in [0.29, 0.717) is 28.5 Å². The molecule has 1 amide bonds. The largest absolute Gasteiger partial charge is 0.481 e. The molecule has 1 fully saturated rings. The molecular formula is C18H20N2O4S. The molecule has 0 spiro atoms. The number of carbonyl (C=O) groups is 2. The second-order valence-electron chi connectivity index (χ2n) is 6.19. The van der Waals surface area contributed by atoms with Crippen LogP contribution in [0.1, 0.15) is 50.7 Å². The van der Waals surface area contributed by atoms with Crippen molar-refractivity contribution in [1.82, 2.24) is 10.3 Å². The minimum absolute atomic E-state index is 0.0536. The van der Waals surface area contributed by atoms with Gasteiger partial charge >= 0.3 is 0 Å². The third-order valence-corrected chi connectivity index (χ3v) is 5.60. The van der Waals surface area contributed by atoms with Gasteiger partial charge < -0.3 is 15.2 Å². The molecule has 0 aliphatic heterocycles. The molecule has 25 heavy (non-hydrogen) atoms. The van der Waals surface area contributed by atoms with Crippen molar-refractivity contribution in [3.63, 3.8) is 0 Å². The molecule has 2 N–H and O–H groups in total. The Hall–Kier alpha value is -2.25. The molecule has 2 aromatic heterocycles. The summed E-state index contributed by atoms with van der Waals surface area (Å²) in [5.41, 5.74) is 0.870. The summed E-state index contributed by atoms with van der Waals surface area (Å²) in [6.07, 6.45) is 2.64. The zero-order valence-corrected chi connectivity index (χ0v) is 14.9. The van der Waals surface area contributed by atoms with Crippen LogP contribution in [-0.2, 0) is 0 Å². The van der Waals surface area contributed by atoms with Gasteiger partial charge in [0.05, 0.1) is 29.0 Å². The molecule has 3 rings (SSSR count). The molecule has 7 heteroatoms. The van der Waals surface area contributed by atoms with Gasteiger partial charge in [0.25, 0.3) is 5.91 Å². The summed E-state index contributed by atoms with van der Waals surface area (Å²) in [6.45, 7) is 1.48. The fourth-order valence-electron chi connectivity index (χ4n) is 2.93. The van der Waals surface area contributed by atoms with Gasteiger partial charge in [0.15, 0.2) is 5.78 Å². The van der Waals surface area contributed by atoms with Crippen LogP contribution in [0.4, 0.5) is 0 Å². The van der Waals surface area contributed by atoms with Crippen molar-refractivity contribution < 1.29 is 19.4 Å². The maximum absolute atomic E-state index is 12.6. The van der Waals surface area contributed by atoms with Crippen molar-refractivity contribution in [2.75, 3.05) is 7.11 Å². The maximum atomic E-state index is 12.6. The van der Waals surface area contributed by atoms with Crippen LogP contribution in [0, 0.1) is 5.92 Å². The normalized spacial score (nSPS) is 20.4. The molecular weight excluding hydrogens is 340 g/mol. The van der Waals surface area contributed by atoms with Crippen LogP contribution >= 0.6 is 11.3 Å². The number of aliphatic hydroxyl groups excluding tert-OH is 1. The summed E-state index contributed by atoms with van der Waals surface area (Å²) in [4.78, 5) is 29.3. The lowest BCUT2D eigenvalue weighted by Crippen LogP contribution is -2.41. The van der Waals surface area contributed by atoms with Gasteiger partial charge in [-0.1, -0.05) is 6.07 Å². The van der Waals surface area contributed by atoms with Crippen molar-refractivity contribution >= 4 is 23.0 Å². The van der Waals surface area contributed by atoms with E-state index < -0.39 is 0 Å². The van der Waals surface area contributed by atoms with Crippen molar-refractivity contribution in [2.45, 2.75) is 31.9 Å². The monoisotopic (exact) mass is 360 g/mol. The quantitative estimate of drug-likeness (QED) is 0.773. The maximum Gasteiger partial charge on any atom is 0.261 e. The number of methoxy groups -OCH3 is 1. The molecule has 1 aliphatic carbocycles. The van der Waals surface area contributed by atoms with E-state index in [9.17, 15) is 14.7 Å². The smallest absolute Gasteiger partial charge is 0.261 e. The Labute approximate surface area is 149 Å². The Kier molecular flexibility index (Phi) is 5.15. The number of hydrogen-bond donors (Lipinski definition) is 2. The number of ether oxygens (including phenoxy) is 1. The van der Waals surface area contributed by atoms with Gasteiger partial charge in [0.1, 0.15) is 0 Å². The van der Waals surface area contributed by atoms with Crippen molar-refractivity contribution in [3.8, 4) is 5.88 Å². The zero-order valence-electron chi connectivity index (χ0n) is 14.1. The van der Waals surface area contributed by atoms with Crippen molar-refractivity contribution in [2.24, 2.45) is 5.92 Å². The van der Waals surface area contributed by atoms with Crippen LogP contribution < -0.4 is 10.1 Å². The highest BCUT2D eigenvalue weighted by atomic mass is 32.1. The summed E-state index contributed by atoms with van der Waals surface area (Å²) in [5.74, 6) is 0.384. The first-order valence-corrected chi connectivity index (χ1v) is 8.89. The Morgan fingerprint density at radius 2 is 2.00 bits per heavy atom. The summed E-state index contributed by atoms with van der Waals surface area (Å²) in [5, 5.41) is 12.7. The van der Waals surface area contributed by atoms with Gasteiger partial charge in [-0.25, -0.2) is 4.98 Å². The minimum Gasteiger partial charge on any atom is -0.481 e. The third-order valence-electron chi connectivity index (χ3n) is 4.41. The van der Waals surface area contributed by atoms with Crippen molar-refractivity contribution in [1.29, 1.82) is 0 Å². The van der Waals surface area contributed by atoms with Gasteiger partial charge in [-0.2, -0.15) is 0 Å². The van der Waals surface area contributed by atoms with Crippen LogP contribution in [0.5, 0.6) is 5.88 Å². The van der Waals surface area contributed by atoms with E-state index in [1.807, 2.05) is 6.07 Å². The van der Waals surface area contributed by atoms with Crippen LogP contribution in [-0.4, -0.2) is 35.0 Å². The molecule has 0 bridgehead atoms. The van der Waals surface area contributed by atoms with Crippen LogP contribution in [0.3, 0.4) is 0 Å². The first kappa shape index (κ1) is 17.6. The lowest BCUT2D eigenvalue weighted by atomic mass is 9.75. The molecule has 2 heterocycles. The number of rotatable bonds is 6. The zero-order chi connectivity index (χ0) is 18.0. The van der Waals surface area contributed by atoms with Gasteiger partial charge in [-0.15, -0.1) is 11.3 Å². The first-order chi connectivity index (χ1) is 12.0. The van der Waals surface area contributed by atoms with Gasteiger partial charge in [-0.3, -0.25) is 9.59 Å². The molecule has 1 atom stereocenters. The standard InChI is InChI=1S/C18H20N2O4S/c1-10(21)14-4-5-15(25-14)18(23)20-17(12-7-13(22)8-12)11-3-6-16(24-2)19-9-11/h3-6,9,12-13,17,22H,7-8H2,1-2H3,(H,20,23)/t12?,13?,17-/m0/s1. The third kappa shape index (κ3) is 3.88. The van der Waals surface area contributed by atoms with Crippen LogP contribution in [0.25, 0.3) is 0 Å². The van der Waals surface area contributed by atoms with Gasteiger partial charge in [0.2, 0.25) is 5.88 Å². The van der Waals surface area contributed by atoms with Crippen LogP contribution in [0.15, 0.2) is 30.5 Å². The highest BCUT2D eigenvalue weighted by Gasteiger charge is 2.36. The second-order valence-corrected chi connectivity index (χ2v) is 7.27. The molecule has 2 aromatic rings. The Morgan fingerprint density at radius 3 is 2.52 bits per heavy atom. The SMILES string of the molecule is COc1ccc([C@H](NC(=O)c2ccc(C(C)=O)s2)C2CC(O)C2)cn1. The topological polar surface area (TPSA) is 88.5 Å². The number of pyridine rings is 1. The number of amides is 1. The van der Waals surface area contributed by atoms with E-state index in [0.717, 1.165) is 5.56 Å². The lowest BCUT2D eigenvalue weighted by molar-refractivity contribution is 0.0235. The van der Waals surface area contributed by atoms with Gasteiger partial charge in [0, 0.05) is 12.3 Å². The molecule has 1 saturated carbocycles. The number of aromatic nitrogens is 1. The summed E-state index contributed by atoms with van der Waals surface area (Å²) in [6, 6.07) is 6.71. The number of Topliss-reactive ketones (excluding diaryl/α,β-unsaturated/α-hetero) is 1. The second kappa shape index (κ2) is 7.33. The van der Waals surface area contributed by atoms with E-state index in [1.165, 1.54) is 18.3 Å². The highest BCUT2D eigenvalue weighted by Crippen LogP contribution is 2.38. The summed E-state index contributed by atoms with van der Waals surface area (Å²) < 4.78 is 5.07. The van der Waals surface area contributed by atoms with Crippen LogP contribution in [0.2, 0.25) is 0 Å². The lowest BCUT2D eigenvalue weighted by Gasteiger charge is -2.38. The fraction of sp³-hybridized carbons (Fsp3) is 0.389. The number of carbonyl (C=O) groups excluding carboxylic acids is 2. The van der Waals surface area contributed by atoms with Gasteiger partial charge in [-0.05, 0) is 43.4 Å². The predicted molar refractivity (Wildman–Crippen MR) is 94.1 cm³/mol. The number of nitrogens with zero attached hydrogens (tertiary/aromatic N) is 1. The molecule has 0 unspecified atom stereocenters.